The van der Waals surface area contributed by atoms with Crippen LogP contribution in [0, 0.1) is 0 Å². The Morgan fingerprint density at radius 2 is 1.19 bits per heavy atom. The van der Waals surface area contributed by atoms with Crippen molar-refractivity contribution >= 4 is 35.5 Å². The lowest BCUT2D eigenvalue weighted by atomic mass is 10.9. The van der Waals surface area contributed by atoms with Gasteiger partial charge in [-0.05, 0) is 0 Å². The number of carbonyl (C=O) groups excluding carboxylic acids is 2. The SMILES string of the molecule is O=C(OCCCl)OOOOC(=O)OCCCl. The number of ether oxygens (including phenoxy) is 2. The van der Waals surface area contributed by atoms with Gasteiger partial charge in [0.15, 0.2) is 0 Å². The fraction of sp³-hybridized carbons (Fsp3) is 0.667. The van der Waals surface area contributed by atoms with Crippen molar-refractivity contribution in [1.82, 2.24) is 0 Å². The number of carbonyl (C=O) groups is 2. The molecule has 0 radical (unpaired) electrons. The van der Waals surface area contributed by atoms with Gasteiger partial charge in [-0.2, -0.15) is 0 Å². The Labute approximate surface area is 100.0 Å². The summed E-state index contributed by atoms with van der Waals surface area (Å²) in [5.74, 6) is 0.189. The van der Waals surface area contributed by atoms with Crippen molar-refractivity contribution in [3.8, 4) is 0 Å². The summed E-state index contributed by atoms with van der Waals surface area (Å²) >= 11 is 10.4. The van der Waals surface area contributed by atoms with Crippen LogP contribution in [0.15, 0.2) is 0 Å². The van der Waals surface area contributed by atoms with Crippen molar-refractivity contribution < 1.29 is 38.9 Å². The molecule has 0 atom stereocenters. The predicted molar refractivity (Wildman–Crippen MR) is 48.5 cm³/mol. The van der Waals surface area contributed by atoms with E-state index in [0.717, 1.165) is 0 Å². The van der Waals surface area contributed by atoms with E-state index in [-0.39, 0.29) is 25.0 Å². The molecule has 0 bridgehead atoms. The van der Waals surface area contributed by atoms with E-state index < -0.39 is 12.3 Å². The van der Waals surface area contributed by atoms with Gasteiger partial charge >= 0.3 is 12.3 Å². The zero-order chi connectivity index (χ0) is 12.2. The minimum atomic E-state index is -1.21. The summed E-state index contributed by atoms with van der Waals surface area (Å²) in [6.45, 7) is -0.134. The van der Waals surface area contributed by atoms with E-state index in [0.29, 0.717) is 0 Å². The molecule has 0 N–H and O–H groups in total. The molecule has 8 nitrogen and oxygen atoms in total. The van der Waals surface area contributed by atoms with Crippen molar-refractivity contribution in [1.29, 1.82) is 0 Å². The molecule has 94 valence electrons. The molecule has 0 aliphatic heterocycles. The highest BCUT2D eigenvalue weighted by Crippen LogP contribution is 1.93. The largest absolute Gasteiger partial charge is 0.542 e. The zero-order valence-electron chi connectivity index (χ0n) is 7.85. The highest BCUT2D eigenvalue weighted by atomic mass is 35.5. The molecule has 16 heavy (non-hydrogen) atoms. The van der Waals surface area contributed by atoms with Gasteiger partial charge in [-0.3, -0.25) is 0 Å². The Morgan fingerprint density at radius 3 is 1.50 bits per heavy atom. The second kappa shape index (κ2) is 10.6. The summed E-state index contributed by atoms with van der Waals surface area (Å²) < 4.78 is 8.55. The van der Waals surface area contributed by atoms with Gasteiger partial charge in [0.2, 0.25) is 0 Å². The minimum absolute atomic E-state index is 0.0671. The molecule has 0 fully saturated rings. The van der Waals surface area contributed by atoms with Crippen molar-refractivity contribution in [3.05, 3.63) is 0 Å². The van der Waals surface area contributed by atoms with Gasteiger partial charge in [0, 0.05) is 10.1 Å². The molecular formula is C6H8Cl2O8. The van der Waals surface area contributed by atoms with Crippen molar-refractivity contribution in [2.45, 2.75) is 0 Å². The molecule has 0 aromatic carbocycles. The first-order chi connectivity index (χ1) is 7.70. The normalized spacial score (nSPS) is 9.38. The molecule has 0 aromatic rings. The molecular weight excluding hydrogens is 271 g/mol. The molecule has 0 saturated carbocycles. The summed E-state index contributed by atoms with van der Waals surface area (Å²) in [6.07, 6.45) is -2.42. The molecule has 0 spiro atoms. The van der Waals surface area contributed by atoms with Crippen LogP contribution in [0.4, 0.5) is 9.59 Å². The van der Waals surface area contributed by atoms with E-state index >= 15 is 0 Å². The number of rotatable bonds is 7. The van der Waals surface area contributed by atoms with Gasteiger partial charge in [-0.15, -0.1) is 23.2 Å². The van der Waals surface area contributed by atoms with E-state index in [9.17, 15) is 9.59 Å². The average molecular weight is 279 g/mol. The highest BCUT2D eigenvalue weighted by Gasteiger charge is 2.09. The third kappa shape index (κ3) is 9.59. The van der Waals surface area contributed by atoms with Crippen LogP contribution in [0.3, 0.4) is 0 Å². The van der Waals surface area contributed by atoms with Gasteiger partial charge in [0.1, 0.15) is 13.2 Å². The Balaban J connectivity index is 3.31. The predicted octanol–water partition coefficient (Wildman–Crippen LogP) is 1.55. The smallest absolute Gasteiger partial charge is 0.431 e. The summed E-state index contributed by atoms with van der Waals surface area (Å²) in [7, 11) is 0. The van der Waals surface area contributed by atoms with Gasteiger partial charge in [0.25, 0.3) is 0 Å². The molecule has 0 rings (SSSR count). The number of halogens is 2. The summed E-state index contributed by atoms with van der Waals surface area (Å²) in [5.41, 5.74) is 0. The van der Waals surface area contributed by atoms with E-state index in [1.807, 2.05) is 0 Å². The third-order valence-electron chi connectivity index (χ3n) is 0.826. The molecule has 0 heterocycles. The van der Waals surface area contributed by atoms with Crippen molar-refractivity contribution in [3.63, 3.8) is 0 Å². The lowest BCUT2D eigenvalue weighted by Crippen LogP contribution is -2.13. The van der Waals surface area contributed by atoms with E-state index in [2.05, 4.69) is 29.3 Å². The summed E-state index contributed by atoms with van der Waals surface area (Å²) in [6, 6.07) is 0. The van der Waals surface area contributed by atoms with Crippen LogP contribution < -0.4 is 0 Å². The lowest BCUT2D eigenvalue weighted by molar-refractivity contribution is -0.600. The molecule has 0 aromatic heterocycles. The summed E-state index contributed by atoms with van der Waals surface area (Å²) in [5, 5.41) is 7.34. The van der Waals surface area contributed by atoms with Crippen LogP contribution >= 0.6 is 23.2 Å². The first-order valence-corrected chi connectivity index (χ1v) is 4.91. The van der Waals surface area contributed by atoms with E-state index in [4.69, 9.17) is 23.2 Å². The maximum Gasteiger partial charge on any atom is 0.542 e. The molecule has 0 aliphatic carbocycles. The van der Waals surface area contributed by atoms with Crippen LogP contribution in [0.2, 0.25) is 0 Å². The molecule has 0 saturated heterocycles. The summed E-state index contributed by atoms with van der Waals surface area (Å²) in [4.78, 5) is 28.6. The van der Waals surface area contributed by atoms with Gasteiger partial charge in [-0.1, -0.05) is 0 Å². The quantitative estimate of drug-likeness (QED) is 0.228. The van der Waals surface area contributed by atoms with Crippen LogP contribution in [-0.4, -0.2) is 37.3 Å². The van der Waals surface area contributed by atoms with Crippen molar-refractivity contribution in [2.24, 2.45) is 0 Å². The van der Waals surface area contributed by atoms with Crippen LogP contribution in [-0.2, 0) is 29.3 Å². The maximum atomic E-state index is 10.5. The topological polar surface area (TPSA) is 89.5 Å². The third-order valence-corrected chi connectivity index (χ3v) is 1.13. The molecule has 0 aliphatic rings. The molecule has 10 heteroatoms. The Kier molecular flexibility index (Phi) is 9.92. The maximum absolute atomic E-state index is 10.5. The lowest BCUT2D eigenvalue weighted by Gasteiger charge is -2.02. The zero-order valence-corrected chi connectivity index (χ0v) is 9.36. The molecule has 0 unspecified atom stereocenters. The van der Waals surface area contributed by atoms with Crippen LogP contribution in [0.5, 0.6) is 0 Å². The van der Waals surface area contributed by atoms with E-state index in [1.165, 1.54) is 0 Å². The van der Waals surface area contributed by atoms with Crippen LogP contribution in [0.25, 0.3) is 0 Å². The Morgan fingerprint density at radius 1 is 0.812 bits per heavy atom. The monoisotopic (exact) mass is 278 g/mol. The van der Waals surface area contributed by atoms with Gasteiger partial charge < -0.3 is 9.47 Å². The van der Waals surface area contributed by atoms with Crippen LogP contribution in [0.1, 0.15) is 0 Å². The average Bonchev–Trinajstić information content (AvgIpc) is 2.29. The Hall–Kier alpha value is -0.960. The molecule has 0 amide bonds. The fourth-order valence-corrected chi connectivity index (χ4v) is 0.530. The van der Waals surface area contributed by atoms with Crippen molar-refractivity contribution in [2.75, 3.05) is 25.0 Å². The second-order valence-electron chi connectivity index (χ2n) is 1.88. The minimum Gasteiger partial charge on any atom is -0.431 e. The Bertz CT molecular complexity index is 189. The van der Waals surface area contributed by atoms with E-state index in [1.54, 1.807) is 0 Å². The number of hydrogen-bond acceptors (Lipinski definition) is 8. The number of hydrogen-bond donors (Lipinski definition) is 0. The first kappa shape index (κ1) is 15.0. The van der Waals surface area contributed by atoms with Gasteiger partial charge in [0.05, 0.1) is 11.8 Å². The highest BCUT2D eigenvalue weighted by molar-refractivity contribution is 6.18. The standard InChI is InChI=1S/C6H8Cl2O8/c7-1-3-11-5(9)13-15-16-14-6(10)12-4-2-8/h1-4H2. The fourth-order valence-electron chi connectivity index (χ4n) is 0.375. The second-order valence-corrected chi connectivity index (χ2v) is 2.63. The first-order valence-electron chi connectivity index (χ1n) is 3.84. The number of alkyl halides is 2. The van der Waals surface area contributed by atoms with Gasteiger partial charge in [-0.25, -0.2) is 19.4 Å².